The fourth-order valence-corrected chi connectivity index (χ4v) is 4.49. The van der Waals surface area contributed by atoms with E-state index in [-0.39, 0.29) is 22.9 Å². The van der Waals surface area contributed by atoms with Gasteiger partial charge in [0.25, 0.3) is 5.56 Å². The van der Waals surface area contributed by atoms with Gasteiger partial charge in [-0.3, -0.25) is 9.20 Å². The van der Waals surface area contributed by atoms with Crippen molar-refractivity contribution in [3.8, 4) is 34.1 Å². The van der Waals surface area contributed by atoms with Gasteiger partial charge >= 0.3 is 0 Å². The van der Waals surface area contributed by atoms with E-state index < -0.39 is 17.4 Å². The van der Waals surface area contributed by atoms with E-state index in [0.717, 1.165) is 6.20 Å². The van der Waals surface area contributed by atoms with Crippen LogP contribution in [-0.2, 0) is 0 Å². The number of halogens is 1. The molecule has 37 heavy (non-hydrogen) atoms. The molecule has 0 fully saturated rings. The van der Waals surface area contributed by atoms with Gasteiger partial charge in [0.1, 0.15) is 41.2 Å². The highest BCUT2D eigenvalue weighted by Gasteiger charge is 2.26. The topological polar surface area (TPSA) is 129 Å². The number of rotatable bonds is 5. The van der Waals surface area contributed by atoms with E-state index in [1.54, 1.807) is 30.3 Å². The van der Waals surface area contributed by atoms with Crippen LogP contribution in [0.5, 0.6) is 5.75 Å². The molecule has 3 heterocycles. The van der Waals surface area contributed by atoms with Gasteiger partial charge in [0.2, 0.25) is 0 Å². The van der Waals surface area contributed by atoms with Crippen LogP contribution >= 0.6 is 0 Å². The number of hydrogen-bond donors (Lipinski definition) is 3. The quantitative estimate of drug-likeness (QED) is 0.318. The number of anilines is 2. The van der Waals surface area contributed by atoms with E-state index in [1.807, 2.05) is 43.3 Å². The van der Waals surface area contributed by atoms with Crippen molar-refractivity contribution in [3.63, 3.8) is 0 Å². The lowest BCUT2D eigenvalue weighted by molar-refractivity contribution is 0.475. The highest BCUT2D eigenvalue weighted by Crippen LogP contribution is 2.39. The number of nitrogens with zero attached hydrogens (tertiary/aromatic N) is 4. The second kappa shape index (κ2) is 9.43. The van der Waals surface area contributed by atoms with Crippen LogP contribution in [0.2, 0.25) is 0 Å². The average molecular weight is 493 g/mol. The Morgan fingerprint density at radius 3 is 2.43 bits per heavy atom. The number of pyridine rings is 2. The van der Waals surface area contributed by atoms with Gasteiger partial charge in [-0.1, -0.05) is 42.5 Å². The molecule has 0 aliphatic rings. The second-order valence-corrected chi connectivity index (χ2v) is 8.44. The number of aromatic nitrogens is 3. The Morgan fingerprint density at radius 2 is 1.73 bits per heavy atom. The summed E-state index contributed by atoms with van der Waals surface area (Å²) >= 11 is 0. The minimum atomic E-state index is -0.567. The molecule has 182 valence electrons. The first-order chi connectivity index (χ1) is 17.9. The molecule has 3 aromatic heterocycles. The van der Waals surface area contributed by atoms with Gasteiger partial charge in [0, 0.05) is 11.8 Å². The van der Waals surface area contributed by atoms with Crippen LogP contribution in [-0.4, -0.2) is 19.5 Å². The zero-order chi connectivity index (χ0) is 26.1. The molecule has 0 saturated heterocycles. The number of phenolic OH excluding ortho intramolecular Hbond substituents is 1. The van der Waals surface area contributed by atoms with Crippen molar-refractivity contribution in [2.75, 3.05) is 11.1 Å². The Balaban J connectivity index is 1.88. The van der Waals surface area contributed by atoms with E-state index in [0.29, 0.717) is 33.3 Å². The summed E-state index contributed by atoms with van der Waals surface area (Å²) in [5, 5.41) is 22.8. The summed E-state index contributed by atoms with van der Waals surface area (Å²) in [5.74, 6) is -0.224. The van der Waals surface area contributed by atoms with Gasteiger partial charge in [-0.25, -0.2) is 14.4 Å². The Bertz CT molecular complexity index is 1730. The zero-order valence-corrected chi connectivity index (χ0v) is 19.7. The molecule has 0 unspecified atom stereocenters. The number of hydrogen-bond acceptors (Lipinski definition) is 7. The number of nitrogen functional groups attached to an aromatic ring is 1. The Kier molecular flexibility index (Phi) is 5.99. The first-order valence-electron chi connectivity index (χ1n) is 11.4. The molecular weight excluding hydrogens is 471 g/mol. The van der Waals surface area contributed by atoms with Crippen LogP contribution in [0.1, 0.15) is 24.1 Å². The monoisotopic (exact) mass is 492 g/mol. The van der Waals surface area contributed by atoms with Crippen LogP contribution in [0.4, 0.5) is 16.0 Å². The lowest BCUT2D eigenvalue weighted by Gasteiger charge is -2.24. The summed E-state index contributed by atoms with van der Waals surface area (Å²) in [7, 11) is 0. The molecule has 0 saturated carbocycles. The fourth-order valence-electron chi connectivity index (χ4n) is 4.49. The van der Waals surface area contributed by atoms with Crippen molar-refractivity contribution in [1.82, 2.24) is 14.4 Å². The predicted molar refractivity (Wildman–Crippen MR) is 139 cm³/mol. The van der Waals surface area contributed by atoms with Crippen LogP contribution < -0.4 is 16.6 Å². The van der Waals surface area contributed by atoms with Crippen molar-refractivity contribution in [2.24, 2.45) is 0 Å². The lowest BCUT2D eigenvalue weighted by atomic mass is 9.88. The van der Waals surface area contributed by atoms with Gasteiger partial charge in [-0.15, -0.1) is 0 Å². The molecule has 1 atom stereocenters. The summed E-state index contributed by atoms with van der Waals surface area (Å²) < 4.78 is 15.6. The van der Waals surface area contributed by atoms with Crippen LogP contribution in [0, 0.1) is 17.1 Å². The predicted octanol–water partition coefficient (Wildman–Crippen LogP) is 4.90. The fraction of sp³-hybridized carbons (Fsp3) is 0.0714. The Labute approximate surface area is 211 Å². The number of nitrogens with two attached hydrogens (primary N) is 1. The Morgan fingerprint density at radius 1 is 1.03 bits per heavy atom. The van der Waals surface area contributed by atoms with E-state index in [4.69, 9.17) is 5.73 Å². The van der Waals surface area contributed by atoms with E-state index in [9.17, 15) is 19.6 Å². The number of phenols is 1. The third kappa shape index (κ3) is 4.21. The number of nitrogens with one attached hydrogen (secondary N) is 1. The van der Waals surface area contributed by atoms with Gasteiger partial charge in [0.15, 0.2) is 0 Å². The number of benzene rings is 2. The molecule has 5 aromatic rings. The summed E-state index contributed by atoms with van der Waals surface area (Å²) in [6.07, 6.45) is 2.41. The SMILES string of the molecule is C[C@H](Nc1ncnc(N)c1C#N)c1c(-c2ccccc2)c(=O)n2cc(F)ccc2c1-c1ccc(O)cc1. The molecule has 0 bridgehead atoms. The molecule has 0 amide bonds. The van der Waals surface area contributed by atoms with Crippen molar-refractivity contribution in [3.05, 3.63) is 107 Å². The molecule has 0 spiro atoms. The molecule has 0 aliphatic carbocycles. The Hall–Kier alpha value is -5.23. The van der Waals surface area contributed by atoms with E-state index in [2.05, 4.69) is 15.3 Å². The first-order valence-corrected chi connectivity index (χ1v) is 11.4. The summed E-state index contributed by atoms with van der Waals surface area (Å²) in [6, 6.07) is 19.9. The average Bonchev–Trinajstić information content (AvgIpc) is 2.90. The second-order valence-electron chi connectivity index (χ2n) is 8.44. The van der Waals surface area contributed by atoms with Crippen LogP contribution in [0.25, 0.3) is 27.8 Å². The third-order valence-electron chi connectivity index (χ3n) is 6.13. The summed E-state index contributed by atoms with van der Waals surface area (Å²) in [4.78, 5) is 22.0. The minimum Gasteiger partial charge on any atom is -0.508 e. The standard InChI is InChI=1S/C28H21FN6O2/c1-16(34-27-21(13-30)26(31)32-15-33-27)23-24(18-7-10-20(36)11-8-18)22-12-9-19(29)14-35(22)28(37)25(23)17-5-3-2-4-6-17/h2-12,14-16,36H,1H3,(H3,31,32,33,34)/t16-/m0/s1. The highest BCUT2D eigenvalue weighted by molar-refractivity contribution is 5.89. The maximum Gasteiger partial charge on any atom is 0.263 e. The van der Waals surface area contributed by atoms with Crippen molar-refractivity contribution >= 4 is 17.2 Å². The molecular formula is C28H21FN6O2. The van der Waals surface area contributed by atoms with Crippen molar-refractivity contribution in [1.29, 1.82) is 5.26 Å². The molecule has 9 heteroatoms. The maximum atomic E-state index is 14.3. The number of aromatic hydroxyl groups is 1. The molecule has 5 rings (SSSR count). The van der Waals surface area contributed by atoms with E-state index >= 15 is 0 Å². The maximum absolute atomic E-state index is 14.3. The normalized spacial score (nSPS) is 11.7. The number of nitriles is 1. The minimum absolute atomic E-state index is 0.0308. The summed E-state index contributed by atoms with van der Waals surface area (Å²) in [5.41, 5.74) is 8.99. The zero-order valence-electron chi connectivity index (χ0n) is 19.7. The molecule has 0 aliphatic heterocycles. The van der Waals surface area contributed by atoms with Crippen molar-refractivity contribution < 1.29 is 9.50 Å². The van der Waals surface area contributed by atoms with E-state index in [1.165, 1.54) is 16.8 Å². The largest absolute Gasteiger partial charge is 0.508 e. The highest BCUT2D eigenvalue weighted by atomic mass is 19.1. The molecule has 4 N–H and O–H groups in total. The smallest absolute Gasteiger partial charge is 0.263 e. The molecule has 0 radical (unpaired) electrons. The van der Waals surface area contributed by atoms with Crippen LogP contribution in [0.15, 0.2) is 84.0 Å². The summed E-state index contributed by atoms with van der Waals surface area (Å²) in [6.45, 7) is 1.84. The van der Waals surface area contributed by atoms with Gasteiger partial charge < -0.3 is 16.2 Å². The van der Waals surface area contributed by atoms with Gasteiger partial charge in [-0.2, -0.15) is 5.26 Å². The number of fused-ring (bicyclic) bond motifs is 1. The molecule has 8 nitrogen and oxygen atoms in total. The third-order valence-corrected chi connectivity index (χ3v) is 6.13. The van der Waals surface area contributed by atoms with Gasteiger partial charge in [-0.05, 0) is 47.9 Å². The van der Waals surface area contributed by atoms with Crippen LogP contribution in [0.3, 0.4) is 0 Å². The first kappa shape index (κ1) is 23.5. The molecule has 2 aromatic carbocycles. The van der Waals surface area contributed by atoms with Crippen molar-refractivity contribution in [2.45, 2.75) is 13.0 Å². The van der Waals surface area contributed by atoms with Gasteiger partial charge in [0.05, 0.1) is 17.1 Å². The lowest BCUT2D eigenvalue weighted by Crippen LogP contribution is -2.23.